The molecule has 1 amide bonds. The molecule has 0 radical (unpaired) electrons. The first kappa shape index (κ1) is 23.0. The van der Waals surface area contributed by atoms with Crippen molar-refractivity contribution in [2.75, 3.05) is 17.1 Å². The summed E-state index contributed by atoms with van der Waals surface area (Å²) in [6.07, 6.45) is 0.147. The maximum atomic E-state index is 12.5. The van der Waals surface area contributed by atoms with Crippen LogP contribution in [0.3, 0.4) is 0 Å². The van der Waals surface area contributed by atoms with Gasteiger partial charge >= 0.3 is 0 Å². The minimum atomic E-state index is -3.60. The van der Waals surface area contributed by atoms with Crippen molar-refractivity contribution in [1.29, 1.82) is 0 Å². The molecule has 0 saturated carbocycles. The number of rotatable bonds is 8. The second-order valence-electron chi connectivity index (χ2n) is 7.11. The second kappa shape index (κ2) is 9.74. The Kier molecular flexibility index (Phi) is 6.77. The third kappa shape index (κ3) is 5.59. The van der Waals surface area contributed by atoms with E-state index in [0.29, 0.717) is 10.8 Å². The van der Waals surface area contributed by atoms with E-state index in [1.807, 2.05) is 31.2 Å². The summed E-state index contributed by atoms with van der Waals surface area (Å²) in [5, 5.41) is 5.09. The molecule has 0 saturated heterocycles. The fraction of sp³-hybridized carbons (Fsp3) is 0.130. The largest absolute Gasteiger partial charge is 0.497 e. The highest BCUT2D eigenvalue weighted by Gasteiger charge is 2.16. The first-order valence-corrected chi connectivity index (χ1v) is 13.1. The molecule has 0 fully saturated rings. The Balaban J connectivity index is 1.38. The topological polar surface area (TPSA) is 97.4 Å². The number of anilines is 2. The number of hydrogen-bond donors (Lipinski definition) is 2. The lowest BCUT2D eigenvalue weighted by Crippen LogP contribution is -2.14. The smallest absolute Gasteiger partial charge is 0.271 e. The molecule has 7 nitrogen and oxygen atoms in total. The molecule has 0 spiro atoms. The third-order valence-electron chi connectivity index (χ3n) is 4.74. The molecule has 2 N–H and O–H groups in total. The van der Waals surface area contributed by atoms with Crippen LogP contribution in [0.15, 0.2) is 70.3 Å². The van der Waals surface area contributed by atoms with Crippen molar-refractivity contribution >= 4 is 49.4 Å². The average Bonchev–Trinajstić information content (AvgIpc) is 3.46. The highest BCUT2D eigenvalue weighted by atomic mass is 32.2. The van der Waals surface area contributed by atoms with E-state index in [1.54, 1.807) is 48.9 Å². The number of amides is 1. The molecular formula is C23H21N3O4S3. The van der Waals surface area contributed by atoms with E-state index in [0.717, 1.165) is 38.8 Å². The molecule has 2 heterocycles. The van der Waals surface area contributed by atoms with Crippen molar-refractivity contribution in [2.24, 2.45) is 0 Å². The molecule has 170 valence electrons. The summed E-state index contributed by atoms with van der Waals surface area (Å²) >= 11 is 2.57. The quantitative estimate of drug-likeness (QED) is 0.349. The van der Waals surface area contributed by atoms with Crippen molar-refractivity contribution in [3.63, 3.8) is 0 Å². The van der Waals surface area contributed by atoms with Gasteiger partial charge in [0, 0.05) is 16.1 Å². The zero-order valence-corrected chi connectivity index (χ0v) is 20.3. The Morgan fingerprint density at radius 3 is 2.42 bits per heavy atom. The molecule has 0 aliphatic rings. The first-order valence-electron chi connectivity index (χ1n) is 9.91. The molecule has 10 heteroatoms. The fourth-order valence-electron chi connectivity index (χ4n) is 3.13. The van der Waals surface area contributed by atoms with Gasteiger partial charge in [-0.3, -0.25) is 9.52 Å². The van der Waals surface area contributed by atoms with Crippen molar-refractivity contribution in [3.05, 3.63) is 76.5 Å². The highest BCUT2D eigenvalue weighted by molar-refractivity contribution is 7.94. The van der Waals surface area contributed by atoms with Crippen LogP contribution in [0, 0.1) is 6.92 Å². The molecule has 2 aromatic heterocycles. The van der Waals surface area contributed by atoms with Crippen molar-refractivity contribution in [1.82, 2.24) is 4.98 Å². The predicted molar refractivity (Wildman–Crippen MR) is 133 cm³/mol. The Morgan fingerprint density at radius 1 is 1.06 bits per heavy atom. The van der Waals surface area contributed by atoms with Crippen LogP contribution in [0.2, 0.25) is 0 Å². The standard InChI is InChI=1S/C23H21N3O4S3/c1-15-22(17-7-11-19(30-2)12-8-17)25-23(32-15)24-20(27)14-16-5-9-18(10-6-16)26-33(28,29)21-4-3-13-31-21/h3-13,26H,14H2,1-2H3,(H,24,25,27). The van der Waals surface area contributed by atoms with Crippen LogP contribution in [0.1, 0.15) is 10.4 Å². The number of hydrogen-bond acceptors (Lipinski definition) is 7. The maximum absolute atomic E-state index is 12.5. The number of thiophene rings is 1. The Morgan fingerprint density at radius 2 is 1.79 bits per heavy atom. The lowest BCUT2D eigenvalue weighted by Gasteiger charge is -2.07. The minimum Gasteiger partial charge on any atom is -0.497 e. The molecule has 4 rings (SSSR count). The Hall–Kier alpha value is -3.21. The number of ether oxygens (including phenoxy) is 1. The first-order chi connectivity index (χ1) is 15.8. The normalized spacial score (nSPS) is 11.2. The van der Waals surface area contributed by atoms with E-state index in [4.69, 9.17) is 4.74 Å². The monoisotopic (exact) mass is 499 g/mol. The number of carbonyl (C=O) groups is 1. The molecule has 33 heavy (non-hydrogen) atoms. The minimum absolute atomic E-state index is 0.147. The SMILES string of the molecule is COc1ccc(-c2nc(NC(=O)Cc3ccc(NS(=O)(=O)c4cccs4)cc3)sc2C)cc1. The van der Waals surface area contributed by atoms with E-state index in [2.05, 4.69) is 15.0 Å². The number of nitrogens with one attached hydrogen (secondary N) is 2. The second-order valence-corrected chi connectivity index (χ2v) is 11.2. The van der Waals surface area contributed by atoms with Crippen molar-refractivity contribution < 1.29 is 17.9 Å². The summed E-state index contributed by atoms with van der Waals surface area (Å²) < 4.78 is 32.6. The lowest BCUT2D eigenvalue weighted by molar-refractivity contribution is -0.115. The summed E-state index contributed by atoms with van der Waals surface area (Å²) in [4.78, 5) is 18.1. The van der Waals surface area contributed by atoms with Crippen LogP contribution in [0.25, 0.3) is 11.3 Å². The van der Waals surface area contributed by atoms with E-state index in [9.17, 15) is 13.2 Å². The van der Waals surface area contributed by atoms with Crippen LogP contribution < -0.4 is 14.8 Å². The van der Waals surface area contributed by atoms with E-state index >= 15 is 0 Å². The molecule has 0 atom stereocenters. The summed E-state index contributed by atoms with van der Waals surface area (Å²) in [5.41, 5.74) is 2.97. The highest BCUT2D eigenvalue weighted by Crippen LogP contribution is 2.31. The van der Waals surface area contributed by atoms with Gasteiger partial charge in [-0.15, -0.1) is 22.7 Å². The summed E-state index contributed by atoms with van der Waals surface area (Å²) in [6, 6.07) is 17.6. The molecule has 0 aliphatic heterocycles. The fourth-order valence-corrected chi connectivity index (χ4v) is 6.03. The third-order valence-corrected chi connectivity index (χ3v) is 8.40. The van der Waals surface area contributed by atoms with E-state index in [1.165, 1.54) is 11.3 Å². The number of nitrogens with zero attached hydrogens (tertiary/aromatic N) is 1. The average molecular weight is 500 g/mol. The zero-order chi connectivity index (χ0) is 23.4. The van der Waals surface area contributed by atoms with Crippen LogP contribution >= 0.6 is 22.7 Å². The number of aryl methyl sites for hydroxylation is 1. The van der Waals surface area contributed by atoms with Gasteiger partial charge in [-0.05, 0) is 60.3 Å². The van der Waals surface area contributed by atoms with Gasteiger partial charge < -0.3 is 10.1 Å². The summed E-state index contributed by atoms with van der Waals surface area (Å²) in [7, 11) is -1.98. The van der Waals surface area contributed by atoms with Crippen LogP contribution in [0.5, 0.6) is 5.75 Å². The van der Waals surface area contributed by atoms with Gasteiger partial charge in [-0.1, -0.05) is 18.2 Å². The number of carbonyl (C=O) groups excluding carboxylic acids is 1. The number of thiazole rings is 1. The van der Waals surface area contributed by atoms with Crippen LogP contribution in [0.4, 0.5) is 10.8 Å². The van der Waals surface area contributed by atoms with Gasteiger partial charge in [0.25, 0.3) is 10.0 Å². The van der Waals surface area contributed by atoms with Gasteiger partial charge in [0.2, 0.25) is 5.91 Å². The number of aromatic nitrogens is 1. The van der Waals surface area contributed by atoms with Crippen molar-refractivity contribution in [3.8, 4) is 17.0 Å². The number of sulfonamides is 1. The maximum Gasteiger partial charge on any atom is 0.271 e. The molecule has 0 bridgehead atoms. The molecule has 0 unspecified atom stereocenters. The van der Waals surface area contributed by atoms with Crippen LogP contribution in [-0.2, 0) is 21.2 Å². The Bertz CT molecular complexity index is 1350. The van der Waals surface area contributed by atoms with Gasteiger partial charge in [-0.2, -0.15) is 0 Å². The van der Waals surface area contributed by atoms with Crippen LogP contribution in [-0.4, -0.2) is 26.4 Å². The molecule has 0 aliphatic carbocycles. The van der Waals surface area contributed by atoms with Crippen molar-refractivity contribution in [2.45, 2.75) is 17.6 Å². The number of benzene rings is 2. The van der Waals surface area contributed by atoms with E-state index < -0.39 is 10.0 Å². The van der Waals surface area contributed by atoms with Gasteiger partial charge in [-0.25, -0.2) is 13.4 Å². The molecular weight excluding hydrogens is 478 g/mol. The molecule has 2 aromatic carbocycles. The van der Waals surface area contributed by atoms with Gasteiger partial charge in [0.1, 0.15) is 9.96 Å². The molecule has 4 aromatic rings. The lowest BCUT2D eigenvalue weighted by atomic mass is 10.1. The summed E-state index contributed by atoms with van der Waals surface area (Å²) in [6.45, 7) is 1.96. The zero-order valence-electron chi connectivity index (χ0n) is 17.9. The predicted octanol–water partition coefficient (Wildman–Crippen LogP) is 5.17. The number of methoxy groups -OCH3 is 1. The summed E-state index contributed by atoms with van der Waals surface area (Å²) in [5.74, 6) is 0.572. The Labute approximate surface area is 200 Å². The van der Waals surface area contributed by atoms with Gasteiger partial charge in [0.15, 0.2) is 5.13 Å². The van der Waals surface area contributed by atoms with Gasteiger partial charge in [0.05, 0.1) is 19.2 Å². The van der Waals surface area contributed by atoms with E-state index in [-0.39, 0.29) is 16.5 Å².